The highest BCUT2D eigenvalue weighted by Gasteiger charge is 2.21. The fourth-order valence-corrected chi connectivity index (χ4v) is 2.13. The van der Waals surface area contributed by atoms with E-state index in [0.29, 0.717) is 6.42 Å². The van der Waals surface area contributed by atoms with Crippen molar-refractivity contribution in [1.29, 1.82) is 0 Å². The van der Waals surface area contributed by atoms with Crippen molar-refractivity contribution >= 4 is 5.91 Å². The van der Waals surface area contributed by atoms with Crippen LogP contribution < -0.4 is 11.1 Å². The molecule has 0 radical (unpaired) electrons. The van der Waals surface area contributed by atoms with Gasteiger partial charge in [0, 0.05) is 18.5 Å². The second-order valence-electron chi connectivity index (χ2n) is 4.58. The highest BCUT2D eigenvalue weighted by molar-refractivity contribution is 5.76. The molecular weight excluding hydrogens is 188 g/mol. The Kier molecular flexibility index (Phi) is 5.69. The topological polar surface area (TPSA) is 55.1 Å². The van der Waals surface area contributed by atoms with Gasteiger partial charge in [0.05, 0.1) is 0 Å². The predicted molar refractivity (Wildman–Crippen MR) is 62.5 cm³/mol. The first kappa shape index (κ1) is 12.5. The van der Waals surface area contributed by atoms with E-state index in [1.165, 1.54) is 19.3 Å². The van der Waals surface area contributed by atoms with Gasteiger partial charge in [-0.3, -0.25) is 4.79 Å². The van der Waals surface area contributed by atoms with Crippen molar-refractivity contribution in [2.45, 2.75) is 70.4 Å². The van der Waals surface area contributed by atoms with Crippen LogP contribution >= 0.6 is 0 Å². The Bertz CT molecular complexity index is 194. The van der Waals surface area contributed by atoms with Crippen LogP contribution in [-0.4, -0.2) is 18.0 Å². The number of nitrogens with two attached hydrogens (primary N) is 1. The molecule has 1 saturated carbocycles. The van der Waals surface area contributed by atoms with Gasteiger partial charge in [0.25, 0.3) is 0 Å². The molecule has 0 aromatic carbocycles. The van der Waals surface area contributed by atoms with Gasteiger partial charge < -0.3 is 11.1 Å². The zero-order valence-corrected chi connectivity index (χ0v) is 9.80. The first-order valence-electron chi connectivity index (χ1n) is 6.29. The molecule has 3 N–H and O–H groups in total. The second kappa shape index (κ2) is 6.83. The van der Waals surface area contributed by atoms with Crippen molar-refractivity contribution in [2.75, 3.05) is 0 Å². The first-order chi connectivity index (χ1) is 7.24. The molecule has 0 aliphatic heterocycles. The number of nitrogens with one attached hydrogen (secondary N) is 1. The van der Waals surface area contributed by atoms with E-state index < -0.39 is 0 Å². The van der Waals surface area contributed by atoms with Crippen molar-refractivity contribution in [3.8, 4) is 0 Å². The molecule has 0 aromatic heterocycles. The van der Waals surface area contributed by atoms with Crippen molar-refractivity contribution in [3.63, 3.8) is 0 Å². The summed E-state index contributed by atoms with van der Waals surface area (Å²) in [4.78, 5) is 11.6. The number of rotatable bonds is 4. The SMILES string of the molecule is CCCCC(=O)NC1CCCCCC1N. The molecule has 0 aromatic rings. The summed E-state index contributed by atoms with van der Waals surface area (Å²) in [5.74, 6) is 0.180. The molecule has 1 aliphatic rings. The average Bonchev–Trinajstić information content (AvgIpc) is 2.42. The summed E-state index contributed by atoms with van der Waals surface area (Å²) in [7, 11) is 0. The minimum absolute atomic E-state index is 0.165. The maximum absolute atomic E-state index is 11.6. The van der Waals surface area contributed by atoms with Gasteiger partial charge in [-0.05, 0) is 19.3 Å². The lowest BCUT2D eigenvalue weighted by atomic mass is 10.0. The van der Waals surface area contributed by atoms with Crippen LogP contribution in [0.4, 0.5) is 0 Å². The lowest BCUT2D eigenvalue weighted by molar-refractivity contribution is -0.122. The van der Waals surface area contributed by atoms with Gasteiger partial charge in [-0.25, -0.2) is 0 Å². The summed E-state index contributed by atoms with van der Waals surface area (Å²) in [6.45, 7) is 2.10. The third-order valence-electron chi connectivity index (χ3n) is 3.17. The van der Waals surface area contributed by atoms with Gasteiger partial charge in [-0.2, -0.15) is 0 Å². The summed E-state index contributed by atoms with van der Waals surface area (Å²) in [5, 5.41) is 3.08. The monoisotopic (exact) mass is 212 g/mol. The van der Waals surface area contributed by atoms with E-state index >= 15 is 0 Å². The van der Waals surface area contributed by atoms with Crippen LogP contribution in [0.3, 0.4) is 0 Å². The van der Waals surface area contributed by atoms with Crippen molar-refractivity contribution in [3.05, 3.63) is 0 Å². The van der Waals surface area contributed by atoms with Crippen LogP contribution in [0.2, 0.25) is 0 Å². The highest BCUT2D eigenvalue weighted by Crippen LogP contribution is 2.16. The summed E-state index contributed by atoms with van der Waals surface area (Å²) in [6.07, 6.45) is 8.49. The van der Waals surface area contributed by atoms with Gasteiger partial charge in [0.2, 0.25) is 5.91 Å². The third-order valence-corrected chi connectivity index (χ3v) is 3.17. The Labute approximate surface area is 92.8 Å². The maximum atomic E-state index is 11.6. The molecule has 1 fully saturated rings. The lowest BCUT2D eigenvalue weighted by Crippen LogP contribution is -2.46. The van der Waals surface area contributed by atoms with E-state index in [-0.39, 0.29) is 18.0 Å². The average molecular weight is 212 g/mol. The fourth-order valence-electron chi connectivity index (χ4n) is 2.13. The second-order valence-corrected chi connectivity index (χ2v) is 4.58. The van der Waals surface area contributed by atoms with E-state index in [4.69, 9.17) is 5.73 Å². The van der Waals surface area contributed by atoms with Gasteiger partial charge in [0.1, 0.15) is 0 Å². The smallest absolute Gasteiger partial charge is 0.220 e. The first-order valence-corrected chi connectivity index (χ1v) is 6.29. The Balaban J connectivity index is 2.30. The van der Waals surface area contributed by atoms with Crippen LogP contribution in [0.25, 0.3) is 0 Å². The van der Waals surface area contributed by atoms with Crippen molar-refractivity contribution in [1.82, 2.24) is 5.32 Å². The zero-order valence-electron chi connectivity index (χ0n) is 9.80. The van der Waals surface area contributed by atoms with Crippen molar-refractivity contribution in [2.24, 2.45) is 5.73 Å². The number of carbonyl (C=O) groups is 1. The maximum Gasteiger partial charge on any atom is 0.220 e. The normalized spacial score (nSPS) is 27.1. The van der Waals surface area contributed by atoms with Crippen LogP contribution in [-0.2, 0) is 4.79 Å². The van der Waals surface area contributed by atoms with Crippen LogP contribution in [0.1, 0.15) is 58.3 Å². The van der Waals surface area contributed by atoms with E-state index in [1.54, 1.807) is 0 Å². The summed E-state index contributed by atoms with van der Waals surface area (Å²) in [5.41, 5.74) is 6.04. The van der Waals surface area contributed by atoms with Crippen LogP contribution in [0.15, 0.2) is 0 Å². The Hall–Kier alpha value is -0.570. The fraction of sp³-hybridized carbons (Fsp3) is 0.917. The van der Waals surface area contributed by atoms with E-state index in [2.05, 4.69) is 12.2 Å². The molecule has 1 amide bonds. The van der Waals surface area contributed by atoms with E-state index in [9.17, 15) is 4.79 Å². The highest BCUT2D eigenvalue weighted by atomic mass is 16.1. The molecule has 0 spiro atoms. The van der Waals surface area contributed by atoms with Crippen molar-refractivity contribution < 1.29 is 4.79 Å². The molecule has 0 saturated heterocycles. The van der Waals surface area contributed by atoms with Crippen LogP contribution in [0, 0.1) is 0 Å². The number of hydrogen-bond acceptors (Lipinski definition) is 2. The Morgan fingerprint density at radius 2 is 2.07 bits per heavy atom. The molecule has 88 valence electrons. The molecule has 3 heteroatoms. The molecule has 0 bridgehead atoms. The number of hydrogen-bond donors (Lipinski definition) is 2. The number of unbranched alkanes of at least 4 members (excludes halogenated alkanes) is 1. The minimum atomic E-state index is 0.165. The Morgan fingerprint density at radius 1 is 1.33 bits per heavy atom. The molecule has 3 nitrogen and oxygen atoms in total. The number of carbonyl (C=O) groups excluding carboxylic acids is 1. The largest absolute Gasteiger partial charge is 0.352 e. The third kappa shape index (κ3) is 4.65. The van der Waals surface area contributed by atoms with Gasteiger partial charge in [0.15, 0.2) is 0 Å². The zero-order chi connectivity index (χ0) is 11.1. The summed E-state index contributed by atoms with van der Waals surface area (Å²) < 4.78 is 0. The Morgan fingerprint density at radius 3 is 2.80 bits per heavy atom. The molecule has 1 rings (SSSR count). The predicted octanol–water partition coefficient (Wildman–Crippen LogP) is 1.95. The molecule has 0 heterocycles. The van der Waals surface area contributed by atoms with Crippen LogP contribution in [0.5, 0.6) is 0 Å². The van der Waals surface area contributed by atoms with E-state index in [1.807, 2.05) is 0 Å². The molecule has 15 heavy (non-hydrogen) atoms. The summed E-state index contributed by atoms with van der Waals surface area (Å²) >= 11 is 0. The van der Waals surface area contributed by atoms with E-state index in [0.717, 1.165) is 25.7 Å². The van der Waals surface area contributed by atoms with Gasteiger partial charge in [-0.1, -0.05) is 32.6 Å². The number of amides is 1. The lowest BCUT2D eigenvalue weighted by Gasteiger charge is -2.22. The molecule has 1 aliphatic carbocycles. The molecule has 2 unspecified atom stereocenters. The van der Waals surface area contributed by atoms with Gasteiger partial charge >= 0.3 is 0 Å². The minimum Gasteiger partial charge on any atom is -0.352 e. The summed E-state index contributed by atoms with van der Waals surface area (Å²) in [6, 6.07) is 0.384. The van der Waals surface area contributed by atoms with Gasteiger partial charge in [-0.15, -0.1) is 0 Å². The molecule has 2 atom stereocenters. The quantitative estimate of drug-likeness (QED) is 0.700. The molecular formula is C12H24N2O. The standard InChI is InChI=1S/C12H24N2O/c1-2-3-9-12(15)14-11-8-6-4-5-7-10(11)13/h10-11H,2-9,13H2,1H3,(H,14,15).